The van der Waals surface area contributed by atoms with E-state index < -0.39 is 5.60 Å². The van der Waals surface area contributed by atoms with E-state index in [2.05, 4.69) is 20.9 Å². The number of piperidine rings is 1. The summed E-state index contributed by atoms with van der Waals surface area (Å²) < 4.78 is 20.4. The summed E-state index contributed by atoms with van der Waals surface area (Å²) in [6.07, 6.45) is 4.05. The largest absolute Gasteiger partial charge is 0.356 e. The van der Waals surface area contributed by atoms with Crippen molar-refractivity contribution in [2.24, 2.45) is 0 Å². The molecule has 0 aliphatic carbocycles. The second-order valence-corrected chi connectivity index (χ2v) is 8.61. The number of anilines is 1. The Labute approximate surface area is 180 Å². The maximum absolute atomic E-state index is 14.1. The van der Waals surface area contributed by atoms with Crippen LogP contribution in [0.2, 0.25) is 0 Å². The van der Waals surface area contributed by atoms with E-state index in [0.29, 0.717) is 42.9 Å². The van der Waals surface area contributed by atoms with Crippen LogP contribution in [0.5, 0.6) is 0 Å². The van der Waals surface area contributed by atoms with E-state index in [-0.39, 0.29) is 24.0 Å². The Bertz CT molecular complexity index is 1090. The van der Waals surface area contributed by atoms with E-state index in [1.807, 2.05) is 17.9 Å². The number of aromatic nitrogens is 2. The summed E-state index contributed by atoms with van der Waals surface area (Å²) in [6, 6.07) is 7.08. The quantitative estimate of drug-likeness (QED) is 0.741. The zero-order valence-electron chi connectivity index (χ0n) is 17.6. The molecule has 160 valence electrons. The van der Waals surface area contributed by atoms with Crippen LogP contribution >= 0.6 is 0 Å². The van der Waals surface area contributed by atoms with Gasteiger partial charge in [0.1, 0.15) is 23.9 Å². The van der Waals surface area contributed by atoms with Crippen LogP contribution < -0.4 is 4.90 Å². The summed E-state index contributed by atoms with van der Waals surface area (Å²) in [4.78, 5) is 26.1. The number of hydrogen-bond donors (Lipinski definition) is 0. The van der Waals surface area contributed by atoms with Gasteiger partial charge < -0.3 is 14.5 Å². The van der Waals surface area contributed by atoms with Gasteiger partial charge >= 0.3 is 0 Å². The lowest BCUT2D eigenvalue weighted by Gasteiger charge is -2.38. The van der Waals surface area contributed by atoms with Gasteiger partial charge in [-0.1, -0.05) is 0 Å². The number of nitriles is 1. The zero-order valence-corrected chi connectivity index (χ0v) is 17.6. The molecule has 7 nitrogen and oxygen atoms in total. The lowest BCUT2D eigenvalue weighted by molar-refractivity contribution is -0.140. The molecule has 2 aromatic heterocycles. The second kappa shape index (κ2) is 7.27. The average Bonchev–Trinajstić information content (AvgIpc) is 3.29. The highest BCUT2D eigenvalue weighted by atomic mass is 19.1. The molecule has 5 rings (SSSR count). The first-order chi connectivity index (χ1) is 14.9. The van der Waals surface area contributed by atoms with Crippen LogP contribution in [-0.4, -0.2) is 45.7 Å². The molecular formula is C23H24FN5O2. The summed E-state index contributed by atoms with van der Waals surface area (Å²) in [6.45, 7) is 4.76. The van der Waals surface area contributed by atoms with E-state index >= 15 is 0 Å². The third-order valence-corrected chi connectivity index (χ3v) is 6.84. The van der Waals surface area contributed by atoms with Crippen molar-refractivity contribution in [3.63, 3.8) is 0 Å². The first-order valence-corrected chi connectivity index (χ1v) is 10.7. The Morgan fingerprint density at radius 1 is 1.23 bits per heavy atom. The fourth-order valence-corrected chi connectivity index (χ4v) is 5.01. The van der Waals surface area contributed by atoms with Crippen LogP contribution in [0.15, 0.2) is 24.4 Å². The number of rotatable bonds is 2. The van der Waals surface area contributed by atoms with Gasteiger partial charge in [0.15, 0.2) is 5.60 Å². The number of amides is 1. The molecule has 1 spiro atoms. The molecule has 0 aromatic carbocycles. The highest BCUT2D eigenvalue weighted by molar-refractivity contribution is 5.88. The summed E-state index contributed by atoms with van der Waals surface area (Å²) in [5.74, 6) is 0.475. The van der Waals surface area contributed by atoms with E-state index in [9.17, 15) is 9.18 Å². The SMILES string of the molecule is Cc1ncc([C@@H]2CC[C@H]3OC4(CCN(c5ccc(C#N)c(C)n5)CC4)C(=O)N32)cc1F. The molecule has 0 radical (unpaired) electrons. The normalized spacial score (nSPS) is 24.5. The number of nitrogens with zero attached hydrogens (tertiary/aromatic N) is 5. The van der Waals surface area contributed by atoms with Crippen LogP contribution in [0, 0.1) is 31.0 Å². The molecule has 3 aliphatic rings. The molecule has 3 saturated heterocycles. The Morgan fingerprint density at radius 3 is 2.68 bits per heavy atom. The van der Waals surface area contributed by atoms with Gasteiger partial charge in [0, 0.05) is 32.1 Å². The smallest absolute Gasteiger partial charge is 0.257 e. The first kappa shape index (κ1) is 19.9. The van der Waals surface area contributed by atoms with Crippen molar-refractivity contribution < 1.29 is 13.9 Å². The molecule has 2 atom stereocenters. The highest BCUT2D eigenvalue weighted by Gasteiger charge is 2.58. The molecule has 3 aliphatic heterocycles. The lowest BCUT2D eigenvalue weighted by Crippen LogP contribution is -2.50. The fraction of sp³-hybridized carbons (Fsp3) is 0.478. The molecule has 3 fully saturated rings. The molecule has 31 heavy (non-hydrogen) atoms. The predicted octanol–water partition coefficient (Wildman–Crippen LogP) is 3.16. The molecule has 1 amide bonds. The topological polar surface area (TPSA) is 82.3 Å². The number of pyridine rings is 2. The van der Waals surface area contributed by atoms with Crippen molar-refractivity contribution in [2.45, 2.75) is 57.4 Å². The van der Waals surface area contributed by atoms with Gasteiger partial charge in [0.05, 0.1) is 23.0 Å². The minimum atomic E-state index is -0.821. The molecular weight excluding hydrogens is 397 g/mol. The van der Waals surface area contributed by atoms with E-state index in [4.69, 9.17) is 10.00 Å². The van der Waals surface area contributed by atoms with Gasteiger partial charge in [-0.05, 0) is 50.5 Å². The summed E-state index contributed by atoms with van der Waals surface area (Å²) in [7, 11) is 0. The van der Waals surface area contributed by atoms with Crippen molar-refractivity contribution in [2.75, 3.05) is 18.0 Å². The summed E-state index contributed by atoms with van der Waals surface area (Å²) >= 11 is 0. The first-order valence-electron chi connectivity index (χ1n) is 10.7. The van der Waals surface area contributed by atoms with Crippen LogP contribution in [-0.2, 0) is 9.53 Å². The molecule has 2 aromatic rings. The maximum atomic E-state index is 14.1. The Morgan fingerprint density at radius 2 is 2.00 bits per heavy atom. The monoisotopic (exact) mass is 421 g/mol. The van der Waals surface area contributed by atoms with Gasteiger partial charge in [0.2, 0.25) is 0 Å². The minimum Gasteiger partial charge on any atom is -0.356 e. The van der Waals surface area contributed by atoms with Crippen molar-refractivity contribution in [3.8, 4) is 6.07 Å². The highest BCUT2D eigenvalue weighted by Crippen LogP contribution is 2.47. The fourth-order valence-electron chi connectivity index (χ4n) is 5.01. The van der Waals surface area contributed by atoms with Gasteiger partial charge in [-0.2, -0.15) is 5.26 Å². The molecule has 0 bridgehead atoms. The third-order valence-electron chi connectivity index (χ3n) is 6.84. The summed E-state index contributed by atoms with van der Waals surface area (Å²) in [5.41, 5.74) is 1.54. The van der Waals surface area contributed by atoms with Crippen LogP contribution in [0.4, 0.5) is 10.2 Å². The second-order valence-electron chi connectivity index (χ2n) is 8.61. The number of fused-ring (bicyclic) bond motifs is 1. The van der Waals surface area contributed by atoms with Gasteiger partial charge in [0.25, 0.3) is 5.91 Å². The van der Waals surface area contributed by atoms with Gasteiger partial charge in [-0.15, -0.1) is 0 Å². The van der Waals surface area contributed by atoms with E-state index in [1.165, 1.54) is 6.07 Å². The van der Waals surface area contributed by atoms with Crippen LogP contribution in [0.1, 0.15) is 54.2 Å². The number of carbonyl (C=O) groups is 1. The average molecular weight is 421 g/mol. The summed E-state index contributed by atoms with van der Waals surface area (Å²) in [5, 5.41) is 9.11. The van der Waals surface area contributed by atoms with E-state index in [0.717, 1.165) is 24.2 Å². The lowest BCUT2D eigenvalue weighted by atomic mass is 9.89. The van der Waals surface area contributed by atoms with Crippen molar-refractivity contribution in [1.29, 1.82) is 5.26 Å². The van der Waals surface area contributed by atoms with Crippen LogP contribution in [0.3, 0.4) is 0 Å². The van der Waals surface area contributed by atoms with E-state index in [1.54, 1.807) is 19.2 Å². The molecule has 5 heterocycles. The molecule has 0 unspecified atom stereocenters. The number of aryl methyl sites for hydroxylation is 2. The minimum absolute atomic E-state index is 0.00426. The number of ether oxygens (including phenoxy) is 1. The predicted molar refractivity (Wildman–Crippen MR) is 110 cm³/mol. The van der Waals surface area contributed by atoms with Gasteiger partial charge in [-0.3, -0.25) is 9.78 Å². The number of hydrogen-bond acceptors (Lipinski definition) is 6. The maximum Gasteiger partial charge on any atom is 0.257 e. The van der Waals surface area contributed by atoms with Crippen molar-refractivity contribution in [3.05, 3.63) is 52.7 Å². The molecule has 8 heteroatoms. The zero-order chi connectivity index (χ0) is 21.8. The van der Waals surface area contributed by atoms with Crippen LogP contribution in [0.25, 0.3) is 0 Å². The number of carbonyl (C=O) groups excluding carboxylic acids is 1. The standard InChI is InChI=1S/C23H24FN5O2/c1-14-16(12-25)3-5-20(27-14)28-9-7-23(8-10-28)22(30)29-19(4-6-21(29)31-23)17-11-18(24)15(2)26-13-17/h3,5,11,13,19,21H,4,6-10H2,1-2H3/t19-,21+/m0/s1. The van der Waals surface area contributed by atoms with Crippen molar-refractivity contribution >= 4 is 11.7 Å². The Balaban J connectivity index is 1.33. The Hall–Kier alpha value is -3.05. The molecule has 0 saturated carbocycles. The molecule has 0 N–H and O–H groups in total. The van der Waals surface area contributed by atoms with Gasteiger partial charge in [-0.25, -0.2) is 9.37 Å². The number of halogens is 1. The third kappa shape index (κ3) is 3.15. The van der Waals surface area contributed by atoms with Crippen molar-refractivity contribution in [1.82, 2.24) is 14.9 Å². The Kier molecular flexibility index (Phi) is 4.67.